The summed E-state index contributed by atoms with van der Waals surface area (Å²) in [6, 6.07) is 47.0. The average Bonchev–Trinajstić information content (AvgIpc) is 4.01. The number of aliphatic hydroxyl groups is 1. The van der Waals surface area contributed by atoms with E-state index in [2.05, 4.69) is 44.5 Å². The van der Waals surface area contributed by atoms with Crippen LogP contribution >= 0.6 is 0 Å². The Bertz CT molecular complexity index is 2940. The minimum Gasteiger partial charge on any atom is -0.491 e. The number of benzene rings is 6. The molecule has 0 saturated carbocycles. The van der Waals surface area contributed by atoms with Gasteiger partial charge < -0.3 is 30.2 Å². The van der Waals surface area contributed by atoms with Crippen molar-refractivity contribution in [3.63, 3.8) is 0 Å². The van der Waals surface area contributed by atoms with Crippen molar-refractivity contribution in [1.82, 2.24) is 25.1 Å². The summed E-state index contributed by atoms with van der Waals surface area (Å²) in [6.07, 6.45) is -0.839. The summed E-state index contributed by atoms with van der Waals surface area (Å²) in [5, 5.41) is 16.3. The second kappa shape index (κ2) is 18.1. The van der Waals surface area contributed by atoms with Crippen molar-refractivity contribution in [2.75, 3.05) is 32.1 Å². The van der Waals surface area contributed by atoms with Crippen LogP contribution < -0.4 is 15.4 Å². The van der Waals surface area contributed by atoms with Gasteiger partial charge in [-0.1, -0.05) is 133 Å². The average molecular weight is 877 g/mol. The van der Waals surface area contributed by atoms with E-state index >= 15 is 14.4 Å². The van der Waals surface area contributed by atoms with Gasteiger partial charge in [0.25, 0.3) is 0 Å². The number of carbonyl (C=O) groups excluding carboxylic acids is 3. The maximum absolute atomic E-state index is 15.7. The third-order valence-electron chi connectivity index (χ3n) is 12.9. The summed E-state index contributed by atoms with van der Waals surface area (Å²) in [5.41, 5.74) is 4.74. The monoisotopic (exact) mass is 876 g/mol. The zero-order chi connectivity index (χ0) is 45.2. The second-order valence-corrected chi connectivity index (χ2v) is 17.0. The van der Waals surface area contributed by atoms with Crippen LogP contribution in [0, 0.1) is 17.8 Å². The van der Waals surface area contributed by atoms with E-state index in [0.29, 0.717) is 47.0 Å². The van der Waals surface area contributed by atoms with Gasteiger partial charge in [-0.15, -0.1) is 0 Å². The minimum atomic E-state index is -1.77. The zero-order valence-corrected chi connectivity index (χ0v) is 36.3. The van der Waals surface area contributed by atoms with E-state index in [9.17, 15) is 5.11 Å². The van der Waals surface area contributed by atoms with Crippen molar-refractivity contribution in [1.29, 1.82) is 0 Å². The minimum absolute atomic E-state index is 0.00598. The maximum atomic E-state index is 15.7. The normalized spacial score (nSPS) is 22.0. The van der Waals surface area contributed by atoms with E-state index in [-0.39, 0.29) is 19.8 Å². The lowest BCUT2D eigenvalue weighted by Gasteiger charge is -2.46. The van der Waals surface area contributed by atoms with Gasteiger partial charge in [0.1, 0.15) is 35.7 Å². The van der Waals surface area contributed by atoms with Gasteiger partial charge in [0.15, 0.2) is 0 Å². The topological polar surface area (TPSA) is 149 Å². The molecule has 66 heavy (non-hydrogen) atoms. The van der Waals surface area contributed by atoms with Gasteiger partial charge in [-0.3, -0.25) is 24.2 Å². The number of carbonyl (C=O) groups is 3. The first-order valence-corrected chi connectivity index (χ1v) is 22.1. The van der Waals surface area contributed by atoms with Gasteiger partial charge in [-0.05, 0) is 65.7 Å². The number of hydrogen-bond acceptors (Lipinski definition) is 9. The van der Waals surface area contributed by atoms with Gasteiger partial charge >= 0.3 is 5.97 Å². The largest absolute Gasteiger partial charge is 0.491 e. The summed E-state index contributed by atoms with van der Waals surface area (Å²) in [4.78, 5) is 58.7. The van der Waals surface area contributed by atoms with E-state index in [1.165, 1.54) is 5.56 Å². The van der Waals surface area contributed by atoms with Crippen LogP contribution in [0.15, 0.2) is 158 Å². The van der Waals surface area contributed by atoms with Crippen LogP contribution in [0.1, 0.15) is 57.4 Å². The number of H-pyrrole nitrogens is 1. The molecule has 4 N–H and O–H groups in total. The number of anilines is 1. The van der Waals surface area contributed by atoms with Gasteiger partial charge in [-0.25, -0.2) is 4.98 Å². The number of amides is 2. The molecule has 12 heteroatoms. The molecule has 4 heterocycles. The van der Waals surface area contributed by atoms with Gasteiger partial charge in [-0.2, -0.15) is 0 Å². The highest BCUT2D eigenvalue weighted by molar-refractivity contribution is 6.12. The van der Waals surface area contributed by atoms with Gasteiger partial charge in [0.05, 0.1) is 48.7 Å². The molecule has 330 valence electrons. The van der Waals surface area contributed by atoms with Crippen LogP contribution in [-0.4, -0.2) is 75.5 Å². The van der Waals surface area contributed by atoms with E-state index in [4.69, 9.17) is 14.5 Å². The predicted octanol–water partition coefficient (Wildman–Crippen LogP) is 7.00. The standard InChI is InChI=1S/C54H48N6O6/c1-59(34-36-16-5-2-6-17-36)29-15-18-35-27-28-41-40(32-35)54(53(64)58-41)46(51(62)55-33-45-56-42-24-12-13-25-43(42)57-45)48-52(63)66-49(38-21-9-4-10-22-38)47(37-19-7-3-8-20-37)60(48)50(54)39-23-11-14-26-44(39)65-31-30-61/h2-14,16-17,19-28,32,46-50,61H,29-31,33-34H2,1H3,(H,55,62)(H,56,57)(H,58,64). The molecular weight excluding hydrogens is 829 g/mol. The first-order chi connectivity index (χ1) is 32.3. The van der Waals surface area contributed by atoms with Crippen molar-refractivity contribution < 1.29 is 29.0 Å². The molecule has 2 fully saturated rings. The summed E-state index contributed by atoms with van der Waals surface area (Å²) in [6.45, 7) is 0.893. The number of nitrogens with one attached hydrogen (secondary N) is 3. The summed E-state index contributed by atoms with van der Waals surface area (Å²) in [5.74, 6) is 4.59. The van der Waals surface area contributed by atoms with Crippen LogP contribution in [0.25, 0.3) is 11.0 Å². The molecule has 12 nitrogen and oxygen atoms in total. The quantitative estimate of drug-likeness (QED) is 0.0752. The Hall–Kier alpha value is -7.56. The number of aromatic nitrogens is 2. The fourth-order valence-corrected chi connectivity index (χ4v) is 10.2. The molecule has 1 aromatic heterocycles. The summed E-state index contributed by atoms with van der Waals surface area (Å²) in [7, 11) is 2.01. The zero-order valence-electron chi connectivity index (χ0n) is 36.3. The van der Waals surface area contributed by atoms with Crippen molar-refractivity contribution in [2.45, 2.75) is 42.7 Å². The number of rotatable bonds is 12. The lowest BCUT2D eigenvalue weighted by atomic mass is 9.65. The number of esters is 1. The van der Waals surface area contributed by atoms with Gasteiger partial charge in [0.2, 0.25) is 11.8 Å². The molecule has 0 aliphatic carbocycles. The Morgan fingerprint density at radius 3 is 2.32 bits per heavy atom. The highest BCUT2D eigenvalue weighted by atomic mass is 16.6. The lowest BCUT2D eigenvalue weighted by Crippen LogP contribution is -2.54. The van der Waals surface area contributed by atoms with Crippen LogP contribution in [0.2, 0.25) is 0 Å². The SMILES string of the molecule is CN(CC#Cc1ccc2c(c1)C1(C(=O)N2)C(C(=O)NCc2nc3ccccc3[nH]2)C2C(=O)OC(c3ccccc3)C(c3ccccc3)N2C1c1ccccc1OCCO)Cc1ccccc1. The third kappa shape index (κ3) is 7.66. The van der Waals surface area contributed by atoms with Crippen LogP contribution in [0.5, 0.6) is 5.75 Å². The predicted molar refractivity (Wildman–Crippen MR) is 250 cm³/mol. The number of para-hydroxylation sites is 3. The van der Waals surface area contributed by atoms with E-state index in [0.717, 1.165) is 22.2 Å². The van der Waals surface area contributed by atoms with E-state index in [1.807, 2.05) is 151 Å². The fraction of sp³-hybridized carbons (Fsp3) is 0.222. The third-order valence-corrected chi connectivity index (χ3v) is 12.9. The van der Waals surface area contributed by atoms with Gasteiger partial charge in [0, 0.05) is 23.4 Å². The molecule has 3 aliphatic heterocycles. The highest BCUT2D eigenvalue weighted by Crippen LogP contribution is 2.65. The summed E-state index contributed by atoms with van der Waals surface area (Å²) >= 11 is 0. The van der Waals surface area contributed by atoms with E-state index < -0.39 is 53.3 Å². The molecule has 2 saturated heterocycles. The number of nitrogens with zero attached hydrogens (tertiary/aromatic N) is 3. The number of cyclic esters (lactones) is 1. The first-order valence-electron chi connectivity index (χ1n) is 22.1. The summed E-state index contributed by atoms with van der Waals surface area (Å²) < 4.78 is 12.9. The molecule has 6 atom stereocenters. The molecular formula is C54H48N6O6. The maximum Gasteiger partial charge on any atom is 0.324 e. The molecule has 1 spiro atoms. The van der Waals surface area contributed by atoms with Crippen LogP contribution in [0.3, 0.4) is 0 Å². The van der Waals surface area contributed by atoms with Crippen LogP contribution in [-0.2, 0) is 37.6 Å². The number of morpholine rings is 1. The molecule has 10 rings (SSSR count). The lowest BCUT2D eigenvalue weighted by molar-refractivity contribution is -0.178. The number of aliphatic hydroxyl groups excluding tert-OH is 1. The smallest absolute Gasteiger partial charge is 0.324 e. The Kier molecular flexibility index (Phi) is 11.7. The molecule has 6 aromatic carbocycles. The Morgan fingerprint density at radius 2 is 1.56 bits per heavy atom. The Labute approximate surface area is 382 Å². The Balaban J connectivity index is 1.17. The Morgan fingerprint density at radius 1 is 0.864 bits per heavy atom. The molecule has 3 aliphatic rings. The second-order valence-electron chi connectivity index (χ2n) is 17.0. The molecule has 0 radical (unpaired) electrons. The van der Waals surface area contributed by atoms with Crippen molar-refractivity contribution in [3.05, 3.63) is 197 Å². The van der Waals surface area contributed by atoms with Crippen molar-refractivity contribution in [3.8, 4) is 17.6 Å². The molecule has 7 aromatic rings. The highest BCUT2D eigenvalue weighted by Gasteiger charge is 2.74. The van der Waals surface area contributed by atoms with Crippen molar-refractivity contribution >= 4 is 34.5 Å². The van der Waals surface area contributed by atoms with Crippen molar-refractivity contribution in [2.24, 2.45) is 5.92 Å². The fourth-order valence-electron chi connectivity index (χ4n) is 10.2. The number of hydrogen-bond donors (Lipinski definition) is 4. The first kappa shape index (κ1) is 42.4. The molecule has 6 unspecified atom stereocenters. The number of fused-ring (bicyclic) bond motifs is 4. The van der Waals surface area contributed by atoms with Crippen LogP contribution in [0.4, 0.5) is 5.69 Å². The molecule has 2 amide bonds. The van der Waals surface area contributed by atoms with E-state index in [1.54, 1.807) is 6.07 Å². The number of imidazole rings is 1. The number of ether oxygens (including phenoxy) is 2. The number of aromatic amines is 1. The molecule has 0 bridgehead atoms.